The van der Waals surface area contributed by atoms with E-state index in [4.69, 9.17) is 4.74 Å². The second kappa shape index (κ2) is 14.0. The summed E-state index contributed by atoms with van der Waals surface area (Å²) in [5, 5.41) is 0. The van der Waals surface area contributed by atoms with Crippen LogP contribution >= 0.6 is 0 Å². The summed E-state index contributed by atoms with van der Waals surface area (Å²) in [6, 6.07) is 16.9. The molecule has 2 heteroatoms. The smallest absolute Gasteiger partial charge is 0.131 e. The molecule has 41 heavy (non-hydrogen) atoms. The Morgan fingerprint density at radius 3 is 1.85 bits per heavy atom. The first-order valence-corrected chi connectivity index (χ1v) is 16.5. The van der Waals surface area contributed by atoms with E-state index in [2.05, 4.69) is 84.9 Å². The third kappa shape index (κ3) is 6.73. The number of benzene rings is 3. The van der Waals surface area contributed by atoms with Gasteiger partial charge in [-0.25, -0.2) is 4.39 Å². The fourth-order valence-corrected chi connectivity index (χ4v) is 7.02. The van der Waals surface area contributed by atoms with Gasteiger partial charge in [0.2, 0.25) is 0 Å². The molecule has 222 valence electrons. The molecule has 4 rings (SSSR count). The van der Waals surface area contributed by atoms with E-state index in [0.717, 1.165) is 73.5 Å². The number of aryl methyl sites for hydroxylation is 1. The van der Waals surface area contributed by atoms with Crippen LogP contribution in [0, 0.1) is 17.2 Å². The van der Waals surface area contributed by atoms with Crippen molar-refractivity contribution in [1.29, 1.82) is 0 Å². The molecule has 1 nitrogen and oxygen atoms in total. The van der Waals surface area contributed by atoms with Crippen LogP contribution in [0.1, 0.15) is 122 Å². The van der Waals surface area contributed by atoms with Gasteiger partial charge in [-0.1, -0.05) is 97.7 Å². The average molecular weight is 557 g/mol. The molecule has 0 aliphatic heterocycles. The highest BCUT2D eigenvalue weighted by atomic mass is 19.1. The highest BCUT2D eigenvalue weighted by Crippen LogP contribution is 2.41. The Bertz CT molecular complexity index is 1270. The van der Waals surface area contributed by atoms with E-state index in [1.54, 1.807) is 6.07 Å². The van der Waals surface area contributed by atoms with Crippen LogP contribution in [0.3, 0.4) is 0 Å². The number of rotatable bonds is 12. The van der Waals surface area contributed by atoms with Crippen LogP contribution in [-0.4, -0.2) is 6.61 Å². The largest absolute Gasteiger partial charge is 0.492 e. The Kier molecular flexibility index (Phi) is 10.7. The molecule has 0 saturated heterocycles. The minimum absolute atomic E-state index is 0.151. The van der Waals surface area contributed by atoms with Crippen LogP contribution in [0.15, 0.2) is 48.5 Å². The van der Waals surface area contributed by atoms with E-state index in [0.29, 0.717) is 11.5 Å². The molecule has 1 aliphatic rings. The van der Waals surface area contributed by atoms with E-state index in [1.165, 1.54) is 47.9 Å². The summed E-state index contributed by atoms with van der Waals surface area (Å²) in [7, 11) is 0. The van der Waals surface area contributed by atoms with E-state index in [-0.39, 0.29) is 11.2 Å². The average Bonchev–Trinajstić information content (AvgIpc) is 3.01. The lowest BCUT2D eigenvalue weighted by Crippen LogP contribution is -2.27. The number of hydrogen-bond acceptors (Lipinski definition) is 1. The van der Waals surface area contributed by atoms with Crippen molar-refractivity contribution in [3.8, 4) is 28.0 Å². The maximum absolute atomic E-state index is 15.9. The van der Waals surface area contributed by atoms with E-state index in [1.807, 2.05) is 6.07 Å². The minimum atomic E-state index is -0.151. The van der Waals surface area contributed by atoms with Gasteiger partial charge in [-0.05, 0) is 114 Å². The molecule has 0 unspecified atom stereocenters. The van der Waals surface area contributed by atoms with Gasteiger partial charge in [-0.15, -0.1) is 0 Å². The van der Waals surface area contributed by atoms with Crippen molar-refractivity contribution < 1.29 is 9.13 Å². The lowest BCUT2D eigenvalue weighted by atomic mass is 9.79. The SMILES string of the molecule is CCc1cc(-c2ccc(-c3ccc(C4CCC(C)CC4)cc3)cc2F)c(CC)c(CC)c1OCC(CC)(CC)CC. The summed E-state index contributed by atoms with van der Waals surface area (Å²) >= 11 is 0. The van der Waals surface area contributed by atoms with Gasteiger partial charge >= 0.3 is 0 Å². The first-order chi connectivity index (χ1) is 19.8. The maximum atomic E-state index is 15.9. The zero-order valence-electron chi connectivity index (χ0n) is 26.8. The Hall–Kier alpha value is -2.61. The first-order valence-electron chi connectivity index (χ1n) is 16.5. The molecule has 3 aromatic carbocycles. The number of ether oxygens (including phenoxy) is 1. The topological polar surface area (TPSA) is 9.23 Å². The predicted molar refractivity (Wildman–Crippen MR) is 175 cm³/mol. The summed E-state index contributed by atoms with van der Waals surface area (Å²) in [6.45, 7) is 16.5. The van der Waals surface area contributed by atoms with E-state index < -0.39 is 0 Å². The van der Waals surface area contributed by atoms with Crippen LogP contribution in [-0.2, 0) is 19.3 Å². The molecule has 0 radical (unpaired) electrons. The third-order valence-electron chi connectivity index (χ3n) is 10.4. The van der Waals surface area contributed by atoms with Crippen LogP contribution in [0.5, 0.6) is 5.75 Å². The predicted octanol–water partition coefficient (Wildman–Crippen LogP) is 11.7. The highest BCUT2D eigenvalue weighted by Gasteiger charge is 2.27. The molecule has 0 N–H and O–H groups in total. The molecular weight excluding hydrogens is 503 g/mol. The third-order valence-corrected chi connectivity index (χ3v) is 10.4. The normalized spacial score (nSPS) is 17.6. The summed E-state index contributed by atoms with van der Waals surface area (Å²) in [6.07, 6.45) is 11.1. The molecule has 1 aliphatic carbocycles. The fraction of sp³-hybridized carbons (Fsp3) is 0.538. The van der Waals surface area contributed by atoms with Crippen molar-refractivity contribution in [1.82, 2.24) is 0 Å². The molecule has 1 saturated carbocycles. The van der Waals surface area contributed by atoms with Gasteiger partial charge < -0.3 is 4.74 Å². The zero-order valence-corrected chi connectivity index (χ0v) is 26.8. The highest BCUT2D eigenvalue weighted by molar-refractivity contribution is 5.76. The van der Waals surface area contributed by atoms with Gasteiger partial charge in [0.25, 0.3) is 0 Å². The first kappa shape index (κ1) is 31.3. The van der Waals surface area contributed by atoms with Gasteiger partial charge in [0.1, 0.15) is 11.6 Å². The summed E-state index contributed by atoms with van der Waals surface area (Å²) < 4.78 is 22.6. The van der Waals surface area contributed by atoms with E-state index >= 15 is 4.39 Å². The van der Waals surface area contributed by atoms with Crippen LogP contribution in [0.4, 0.5) is 4.39 Å². The summed E-state index contributed by atoms with van der Waals surface area (Å²) in [5.41, 5.74) is 9.01. The van der Waals surface area contributed by atoms with Gasteiger partial charge in [0.15, 0.2) is 0 Å². The van der Waals surface area contributed by atoms with Crippen molar-refractivity contribution in [2.75, 3.05) is 6.61 Å². The fourth-order valence-electron chi connectivity index (χ4n) is 7.02. The molecular formula is C39H53FO. The van der Waals surface area contributed by atoms with Crippen molar-refractivity contribution in [3.63, 3.8) is 0 Å². The summed E-state index contributed by atoms with van der Waals surface area (Å²) in [4.78, 5) is 0. The van der Waals surface area contributed by atoms with Crippen LogP contribution < -0.4 is 4.74 Å². The lowest BCUT2D eigenvalue weighted by Gasteiger charge is -2.32. The Morgan fingerprint density at radius 1 is 0.707 bits per heavy atom. The van der Waals surface area contributed by atoms with Gasteiger partial charge in [-0.2, -0.15) is 0 Å². The van der Waals surface area contributed by atoms with Crippen molar-refractivity contribution in [2.24, 2.45) is 11.3 Å². The van der Waals surface area contributed by atoms with Crippen LogP contribution in [0.2, 0.25) is 0 Å². The molecule has 0 aromatic heterocycles. The van der Waals surface area contributed by atoms with Crippen LogP contribution in [0.25, 0.3) is 22.3 Å². The zero-order chi connectivity index (χ0) is 29.6. The Morgan fingerprint density at radius 2 is 1.32 bits per heavy atom. The van der Waals surface area contributed by atoms with Gasteiger partial charge in [0, 0.05) is 11.0 Å². The second-order valence-electron chi connectivity index (χ2n) is 12.6. The maximum Gasteiger partial charge on any atom is 0.131 e. The molecule has 0 amide bonds. The molecule has 3 aromatic rings. The monoisotopic (exact) mass is 556 g/mol. The van der Waals surface area contributed by atoms with Crippen molar-refractivity contribution >= 4 is 0 Å². The quantitative estimate of drug-likeness (QED) is 0.215. The van der Waals surface area contributed by atoms with Gasteiger partial charge in [0.05, 0.1) is 6.61 Å². The van der Waals surface area contributed by atoms with Crippen molar-refractivity contribution in [2.45, 2.75) is 119 Å². The standard InChI is InChI=1S/C39H53FO/c1-8-28-24-36(33(9-2)34(10-3)38(28)41-26-39(11-4,12-5)13-6)35-23-22-32(25-37(35)40)31-20-18-30(19-21-31)29-16-14-27(7)15-17-29/h18-25,27,29H,8-17,26H2,1-7H3. The molecule has 0 heterocycles. The Labute approximate surface area is 249 Å². The minimum Gasteiger partial charge on any atom is -0.492 e. The summed E-state index contributed by atoms with van der Waals surface area (Å²) in [5.74, 6) is 2.41. The molecule has 0 spiro atoms. The molecule has 0 bridgehead atoms. The van der Waals surface area contributed by atoms with Crippen molar-refractivity contribution in [3.05, 3.63) is 76.6 Å². The van der Waals surface area contributed by atoms with Gasteiger partial charge in [-0.3, -0.25) is 0 Å². The number of hydrogen-bond donors (Lipinski definition) is 0. The van der Waals surface area contributed by atoms with E-state index in [9.17, 15) is 0 Å². The number of halogens is 1. The Balaban J connectivity index is 1.65. The molecule has 1 fully saturated rings. The lowest BCUT2D eigenvalue weighted by molar-refractivity contribution is 0.126. The molecule has 0 atom stereocenters. The second-order valence-corrected chi connectivity index (χ2v) is 12.6.